The average Bonchev–Trinajstić information content (AvgIpc) is 2.98. The second-order valence-corrected chi connectivity index (χ2v) is 6.58. The van der Waals surface area contributed by atoms with Crippen molar-refractivity contribution >= 4 is 41.7 Å². The van der Waals surface area contributed by atoms with Crippen LogP contribution in [0.15, 0.2) is 30.5 Å². The van der Waals surface area contributed by atoms with Gasteiger partial charge in [0.2, 0.25) is 0 Å². The third-order valence-electron chi connectivity index (χ3n) is 5.13. The van der Waals surface area contributed by atoms with Gasteiger partial charge in [0.05, 0.1) is 29.9 Å². The Morgan fingerprint density at radius 3 is 2.54 bits per heavy atom. The Labute approximate surface area is 154 Å². The molecule has 2 aliphatic heterocycles. The fourth-order valence-corrected chi connectivity index (χ4v) is 3.71. The highest BCUT2D eigenvalue weighted by atomic mass is 35.5. The first-order chi connectivity index (χ1) is 10.8. The molecule has 0 amide bonds. The Morgan fingerprint density at radius 2 is 1.88 bits per heavy atom. The second-order valence-electron chi connectivity index (χ2n) is 6.58. The highest BCUT2D eigenvalue weighted by molar-refractivity contribution is 5.85. The van der Waals surface area contributed by atoms with E-state index in [1.54, 1.807) is 0 Å². The molecule has 1 aromatic heterocycles. The molecule has 3 heterocycles. The lowest BCUT2D eigenvalue weighted by Gasteiger charge is -2.38. The highest BCUT2D eigenvalue weighted by Crippen LogP contribution is 2.42. The number of halogens is 2. The first-order valence-corrected chi connectivity index (χ1v) is 8.06. The molecule has 7 heteroatoms. The zero-order valence-electron chi connectivity index (χ0n) is 13.6. The summed E-state index contributed by atoms with van der Waals surface area (Å²) < 4.78 is 5.82. The first kappa shape index (κ1) is 19.2. The molecule has 2 saturated heterocycles. The monoisotopic (exact) mass is 370 g/mol. The Balaban J connectivity index is 0.00000104. The number of hydrogen-bond donors (Lipinski definition) is 1. The standard InChI is InChI=1S/C17H22N4O.2ClH/c18-10-13-9-17(12-22-13)5-7-21(8-6-17)16-11-19-14-3-1-2-4-15(14)20-16;;/h1-4,11,13H,5-10,12,18H2;2*1H. The number of ether oxygens (including phenoxy) is 1. The van der Waals surface area contributed by atoms with Crippen molar-refractivity contribution in [3.63, 3.8) is 0 Å². The number of fused-ring (bicyclic) bond motifs is 1. The molecule has 24 heavy (non-hydrogen) atoms. The summed E-state index contributed by atoms with van der Waals surface area (Å²) in [5.41, 5.74) is 8.00. The van der Waals surface area contributed by atoms with E-state index in [-0.39, 0.29) is 30.9 Å². The van der Waals surface area contributed by atoms with Crippen LogP contribution in [0.25, 0.3) is 11.0 Å². The number of hydrogen-bond acceptors (Lipinski definition) is 5. The molecule has 2 fully saturated rings. The fourth-order valence-electron chi connectivity index (χ4n) is 3.71. The molecule has 0 saturated carbocycles. The van der Waals surface area contributed by atoms with Crippen molar-refractivity contribution in [2.75, 3.05) is 31.1 Å². The number of rotatable bonds is 2. The molecule has 5 nitrogen and oxygen atoms in total. The van der Waals surface area contributed by atoms with Gasteiger partial charge in [0, 0.05) is 19.6 Å². The lowest BCUT2D eigenvalue weighted by Crippen LogP contribution is -2.41. The van der Waals surface area contributed by atoms with Gasteiger partial charge in [-0.2, -0.15) is 0 Å². The van der Waals surface area contributed by atoms with Crippen LogP contribution in [0.3, 0.4) is 0 Å². The van der Waals surface area contributed by atoms with Crippen molar-refractivity contribution in [3.05, 3.63) is 30.5 Å². The summed E-state index contributed by atoms with van der Waals surface area (Å²) in [6, 6.07) is 8.03. The lowest BCUT2D eigenvalue weighted by molar-refractivity contribution is 0.0926. The Hall–Kier alpha value is -1.14. The van der Waals surface area contributed by atoms with Crippen LogP contribution < -0.4 is 10.6 Å². The fraction of sp³-hybridized carbons (Fsp3) is 0.529. The van der Waals surface area contributed by atoms with Gasteiger partial charge in [-0.25, -0.2) is 4.98 Å². The number of anilines is 1. The SMILES string of the molecule is Cl.Cl.NCC1CC2(CCN(c3cnc4ccccc4n3)CC2)CO1. The van der Waals surface area contributed by atoms with Gasteiger partial charge in [-0.15, -0.1) is 24.8 Å². The molecular formula is C17H24Cl2N4O. The molecule has 0 aliphatic carbocycles. The summed E-state index contributed by atoms with van der Waals surface area (Å²) in [5.74, 6) is 0.989. The van der Waals surface area contributed by atoms with Crippen LogP contribution in [-0.2, 0) is 4.74 Å². The summed E-state index contributed by atoms with van der Waals surface area (Å²) in [6.07, 6.45) is 5.57. The largest absolute Gasteiger partial charge is 0.376 e. The molecule has 0 radical (unpaired) electrons. The third-order valence-corrected chi connectivity index (χ3v) is 5.13. The van der Waals surface area contributed by atoms with Gasteiger partial charge < -0.3 is 15.4 Å². The molecule has 2 aromatic rings. The van der Waals surface area contributed by atoms with E-state index < -0.39 is 0 Å². The van der Waals surface area contributed by atoms with Gasteiger partial charge in [-0.1, -0.05) is 12.1 Å². The van der Waals surface area contributed by atoms with Crippen LogP contribution >= 0.6 is 24.8 Å². The Kier molecular flexibility index (Phi) is 6.26. The molecule has 4 rings (SSSR count). The molecule has 2 N–H and O–H groups in total. The summed E-state index contributed by atoms with van der Waals surface area (Å²) in [6.45, 7) is 3.55. The number of benzene rings is 1. The summed E-state index contributed by atoms with van der Waals surface area (Å²) in [5, 5.41) is 0. The number of aromatic nitrogens is 2. The van der Waals surface area contributed by atoms with E-state index in [9.17, 15) is 0 Å². The smallest absolute Gasteiger partial charge is 0.147 e. The minimum absolute atomic E-state index is 0. The van der Waals surface area contributed by atoms with Gasteiger partial charge in [-0.3, -0.25) is 4.98 Å². The maximum absolute atomic E-state index is 5.82. The molecule has 1 atom stereocenters. The minimum atomic E-state index is 0. The molecule has 1 spiro atoms. The van der Waals surface area contributed by atoms with Crippen LogP contribution in [-0.4, -0.2) is 42.3 Å². The zero-order chi connectivity index (χ0) is 15.0. The molecule has 1 aromatic carbocycles. The van der Waals surface area contributed by atoms with Crippen LogP contribution in [0.5, 0.6) is 0 Å². The first-order valence-electron chi connectivity index (χ1n) is 8.06. The topological polar surface area (TPSA) is 64.3 Å². The Bertz CT molecular complexity index is 676. The van der Waals surface area contributed by atoms with Gasteiger partial charge in [0.25, 0.3) is 0 Å². The van der Waals surface area contributed by atoms with Crippen molar-refractivity contribution in [2.24, 2.45) is 11.1 Å². The van der Waals surface area contributed by atoms with E-state index in [1.807, 2.05) is 30.5 Å². The molecule has 132 valence electrons. The predicted molar refractivity (Wildman–Crippen MR) is 101 cm³/mol. The second kappa shape index (κ2) is 7.83. The lowest BCUT2D eigenvalue weighted by atomic mass is 9.76. The van der Waals surface area contributed by atoms with Crippen molar-refractivity contribution in [1.82, 2.24) is 9.97 Å². The van der Waals surface area contributed by atoms with Gasteiger partial charge in [0.15, 0.2) is 0 Å². The summed E-state index contributed by atoms with van der Waals surface area (Å²) in [7, 11) is 0. The van der Waals surface area contributed by atoms with Gasteiger partial charge in [-0.05, 0) is 36.8 Å². The number of piperidine rings is 1. The normalized spacial score (nSPS) is 22.2. The van der Waals surface area contributed by atoms with Gasteiger partial charge in [0.1, 0.15) is 5.82 Å². The number of nitrogens with two attached hydrogens (primary N) is 1. The molecular weight excluding hydrogens is 347 g/mol. The van der Waals surface area contributed by atoms with Gasteiger partial charge >= 0.3 is 0 Å². The Morgan fingerprint density at radius 1 is 1.17 bits per heavy atom. The van der Waals surface area contributed by atoms with E-state index >= 15 is 0 Å². The summed E-state index contributed by atoms with van der Waals surface area (Å²) >= 11 is 0. The number of nitrogens with zero attached hydrogens (tertiary/aromatic N) is 3. The van der Waals surface area contributed by atoms with Crippen molar-refractivity contribution in [3.8, 4) is 0 Å². The number of para-hydroxylation sites is 2. The van der Waals surface area contributed by atoms with E-state index in [2.05, 4.69) is 9.88 Å². The maximum Gasteiger partial charge on any atom is 0.147 e. The predicted octanol–water partition coefficient (Wildman–Crippen LogP) is 2.81. The van der Waals surface area contributed by atoms with E-state index in [0.29, 0.717) is 12.0 Å². The quantitative estimate of drug-likeness (QED) is 0.880. The van der Waals surface area contributed by atoms with Crippen LogP contribution in [0.4, 0.5) is 5.82 Å². The minimum Gasteiger partial charge on any atom is -0.376 e. The van der Waals surface area contributed by atoms with Crippen LogP contribution in [0, 0.1) is 5.41 Å². The van der Waals surface area contributed by atoms with E-state index in [4.69, 9.17) is 15.5 Å². The molecule has 0 bridgehead atoms. The maximum atomic E-state index is 5.82. The van der Waals surface area contributed by atoms with Crippen molar-refractivity contribution < 1.29 is 4.74 Å². The molecule has 2 aliphatic rings. The van der Waals surface area contributed by atoms with Crippen LogP contribution in [0.1, 0.15) is 19.3 Å². The van der Waals surface area contributed by atoms with E-state index in [1.165, 1.54) is 0 Å². The average molecular weight is 371 g/mol. The zero-order valence-corrected chi connectivity index (χ0v) is 15.2. The van der Waals surface area contributed by atoms with E-state index in [0.717, 1.165) is 55.8 Å². The third kappa shape index (κ3) is 3.59. The van der Waals surface area contributed by atoms with Crippen molar-refractivity contribution in [2.45, 2.75) is 25.4 Å². The summed E-state index contributed by atoms with van der Waals surface area (Å²) in [4.78, 5) is 11.6. The highest BCUT2D eigenvalue weighted by Gasteiger charge is 2.42. The molecule has 1 unspecified atom stereocenters. The van der Waals surface area contributed by atoms with Crippen molar-refractivity contribution in [1.29, 1.82) is 0 Å². The van der Waals surface area contributed by atoms with Crippen LogP contribution in [0.2, 0.25) is 0 Å².